The standard InChI is InChI=1S/C28H37N5O5S/c1-17-9-7-8-10-20(17)33-21-13-14-29-25(34)23(21)24(31-33)30-19-11-12-22-18(15-19)16-32(39(22,36)37)28(5,6)26(35)38-27(2,3)4/h11-15,17,20H,7-10,16H2,1-6H3,(H,29,34)(H,30,31)/t17-,20-/m0/s1. The Bertz CT molecular complexity index is 1600. The lowest BCUT2D eigenvalue weighted by Crippen LogP contribution is -2.52. The van der Waals surface area contributed by atoms with E-state index < -0.39 is 27.1 Å². The summed E-state index contributed by atoms with van der Waals surface area (Å²) in [7, 11) is -3.92. The fourth-order valence-electron chi connectivity index (χ4n) is 5.63. The molecule has 0 bridgehead atoms. The molecular weight excluding hydrogens is 518 g/mol. The SMILES string of the molecule is C[C@H]1CCCC[C@@H]1n1nc(Nc2ccc3c(c2)CN(C(C)(C)C(=O)OC(C)(C)C)S3(=O)=O)c2c(=O)[nH]ccc21. The van der Waals surface area contributed by atoms with E-state index in [0.29, 0.717) is 28.4 Å². The van der Waals surface area contributed by atoms with Crippen LogP contribution in [0.15, 0.2) is 40.2 Å². The first kappa shape index (κ1) is 27.4. The number of carbonyl (C=O) groups excluding carboxylic acids is 1. The van der Waals surface area contributed by atoms with E-state index in [-0.39, 0.29) is 23.0 Å². The van der Waals surface area contributed by atoms with Crippen LogP contribution in [0.2, 0.25) is 0 Å². The van der Waals surface area contributed by atoms with Gasteiger partial charge in [-0.15, -0.1) is 0 Å². The average Bonchev–Trinajstić information content (AvgIpc) is 3.33. The molecule has 2 aromatic heterocycles. The topological polar surface area (TPSA) is 126 Å². The van der Waals surface area contributed by atoms with E-state index in [2.05, 4.69) is 17.2 Å². The van der Waals surface area contributed by atoms with E-state index in [1.807, 2.05) is 10.7 Å². The molecule has 0 spiro atoms. The summed E-state index contributed by atoms with van der Waals surface area (Å²) in [6, 6.07) is 7.01. The largest absolute Gasteiger partial charge is 0.459 e. The number of benzene rings is 1. The molecule has 1 aliphatic heterocycles. The Hall–Kier alpha value is -3.18. The second-order valence-corrected chi connectivity index (χ2v) is 14.0. The van der Waals surface area contributed by atoms with Crippen LogP contribution in [0.1, 0.15) is 78.8 Å². The number of anilines is 2. The van der Waals surface area contributed by atoms with Crippen LogP contribution in [0, 0.1) is 5.92 Å². The molecule has 0 unspecified atom stereocenters. The molecule has 3 heterocycles. The number of carbonyl (C=O) groups is 1. The summed E-state index contributed by atoms with van der Waals surface area (Å²) in [6.07, 6.45) is 6.08. The van der Waals surface area contributed by atoms with Crippen molar-refractivity contribution < 1.29 is 17.9 Å². The monoisotopic (exact) mass is 555 g/mol. The third-order valence-corrected chi connectivity index (χ3v) is 9.86. The Morgan fingerprint density at radius 1 is 1.13 bits per heavy atom. The van der Waals surface area contributed by atoms with Crippen LogP contribution in [-0.2, 0) is 26.1 Å². The minimum atomic E-state index is -3.92. The van der Waals surface area contributed by atoms with E-state index in [0.717, 1.165) is 24.8 Å². The van der Waals surface area contributed by atoms with Gasteiger partial charge in [-0.05, 0) is 83.2 Å². The van der Waals surface area contributed by atoms with E-state index in [4.69, 9.17) is 9.84 Å². The first-order chi connectivity index (χ1) is 18.2. The minimum absolute atomic E-state index is 0.0226. The summed E-state index contributed by atoms with van der Waals surface area (Å²) in [6.45, 7) is 10.6. The fraction of sp³-hybridized carbons (Fsp3) is 0.536. The van der Waals surface area contributed by atoms with Gasteiger partial charge < -0.3 is 15.0 Å². The van der Waals surface area contributed by atoms with Gasteiger partial charge >= 0.3 is 5.97 Å². The maximum Gasteiger partial charge on any atom is 0.327 e. The Morgan fingerprint density at radius 2 is 1.85 bits per heavy atom. The van der Waals surface area contributed by atoms with Crippen LogP contribution in [0.3, 0.4) is 0 Å². The molecule has 11 heteroatoms. The third kappa shape index (κ3) is 4.86. The lowest BCUT2D eigenvalue weighted by Gasteiger charge is -2.34. The third-order valence-electron chi connectivity index (χ3n) is 7.74. The normalized spacial score (nSPS) is 21.6. The number of aromatic amines is 1. The minimum Gasteiger partial charge on any atom is -0.459 e. The lowest BCUT2D eigenvalue weighted by molar-refractivity contribution is -0.165. The molecule has 2 N–H and O–H groups in total. The molecule has 0 radical (unpaired) electrons. The number of pyridine rings is 1. The number of fused-ring (bicyclic) bond motifs is 2. The highest BCUT2D eigenvalue weighted by molar-refractivity contribution is 7.89. The molecule has 3 aromatic rings. The molecule has 5 rings (SSSR count). The van der Waals surface area contributed by atoms with Crippen LogP contribution >= 0.6 is 0 Å². The van der Waals surface area contributed by atoms with Gasteiger partial charge in [0, 0.05) is 18.4 Å². The molecule has 1 saturated carbocycles. The van der Waals surface area contributed by atoms with Gasteiger partial charge in [-0.3, -0.25) is 14.3 Å². The van der Waals surface area contributed by atoms with Crippen molar-refractivity contribution in [1.29, 1.82) is 0 Å². The molecule has 39 heavy (non-hydrogen) atoms. The van der Waals surface area contributed by atoms with E-state index in [1.54, 1.807) is 52.9 Å². The van der Waals surface area contributed by atoms with Crippen molar-refractivity contribution in [3.8, 4) is 0 Å². The highest BCUT2D eigenvalue weighted by Gasteiger charge is 2.49. The first-order valence-electron chi connectivity index (χ1n) is 13.5. The first-order valence-corrected chi connectivity index (χ1v) is 14.9. The Balaban J connectivity index is 1.48. The van der Waals surface area contributed by atoms with Crippen molar-refractivity contribution >= 4 is 38.4 Å². The number of esters is 1. The van der Waals surface area contributed by atoms with Gasteiger partial charge in [-0.1, -0.05) is 19.8 Å². The van der Waals surface area contributed by atoms with Gasteiger partial charge in [0.15, 0.2) is 5.82 Å². The molecule has 1 aliphatic carbocycles. The van der Waals surface area contributed by atoms with Crippen LogP contribution < -0.4 is 10.9 Å². The molecule has 10 nitrogen and oxygen atoms in total. The molecular formula is C28H37N5O5S. The van der Waals surface area contributed by atoms with Gasteiger partial charge in [-0.25, -0.2) is 8.42 Å². The lowest BCUT2D eigenvalue weighted by atomic mass is 9.86. The van der Waals surface area contributed by atoms with E-state index in [9.17, 15) is 18.0 Å². The Kier molecular flexibility index (Phi) is 6.66. The molecule has 2 aliphatic rings. The smallest absolute Gasteiger partial charge is 0.327 e. The highest BCUT2D eigenvalue weighted by Crippen LogP contribution is 2.40. The summed E-state index contributed by atoms with van der Waals surface area (Å²) in [4.78, 5) is 28.7. The Morgan fingerprint density at radius 3 is 2.54 bits per heavy atom. The number of rotatable bonds is 5. The van der Waals surface area contributed by atoms with E-state index >= 15 is 0 Å². The predicted octanol–water partition coefficient (Wildman–Crippen LogP) is 4.84. The molecule has 2 atom stereocenters. The van der Waals surface area contributed by atoms with Crippen LogP contribution in [0.4, 0.5) is 11.5 Å². The van der Waals surface area contributed by atoms with Crippen molar-refractivity contribution in [2.75, 3.05) is 5.32 Å². The zero-order valence-electron chi connectivity index (χ0n) is 23.4. The zero-order valence-corrected chi connectivity index (χ0v) is 24.2. The molecule has 0 saturated heterocycles. The van der Waals surface area contributed by atoms with Gasteiger partial charge in [0.05, 0.1) is 16.5 Å². The average molecular weight is 556 g/mol. The number of ether oxygens (including phenoxy) is 1. The summed E-state index contributed by atoms with van der Waals surface area (Å²) in [5.41, 5.74) is -0.464. The molecule has 1 aromatic carbocycles. The van der Waals surface area contributed by atoms with Crippen molar-refractivity contribution in [2.24, 2.45) is 5.92 Å². The van der Waals surface area contributed by atoms with Crippen LogP contribution in [-0.4, -0.2) is 44.6 Å². The van der Waals surface area contributed by atoms with Gasteiger partial charge in [0.25, 0.3) is 5.56 Å². The quantitative estimate of drug-likeness (QED) is 0.431. The number of sulfonamides is 1. The number of nitrogens with one attached hydrogen (secondary N) is 2. The van der Waals surface area contributed by atoms with E-state index in [1.165, 1.54) is 16.8 Å². The van der Waals surface area contributed by atoms with Crippen molar-refractivity contribution in [2.45, 2.75) is 95.8 Å². The second kappa shape index (κ2) is 9.48. The molecule has 0 amide bonds. The van der Waals surface area contributed by atoms with Crippen molar-refractivity contribution in [3.05, 3.63) is 46.4 Å². The van der Waals surface area contributed by atoms with Crippen LogP contribution in [0.5, 0.6) is 0 Å². The summed E-state index contributed by atoms with van der Waals surface area (Å²) in [5, 5.41) is 8.59. The Labute approximate surface area is 228 Å². The second-order valence-electron chi connectivity index (χ2n) is 12.2. The summed E-state index contributed by atoms with van der Waals surface area (Å²) < 4.78 is 35.5. The maximum atomic E-state index is 13.4. The highest BCUT2D eigenvalue weighted by atomic mass is 32.2. The summed E-state index contributed by atoms with van der Waals surface area (Å²) in [5.74, 6) is 0.257. The van der Waals surface area contributed by atoms with Gasteiger partial charge in [0.1, 0.15) is 16.5 Å². The fourth-order valence-corrected chi connectivity index (χ4v) is 7.55. The number of hydrogen-bond acceptors (Lipinski definition) is 7. The number of nitrogens with zero attached hydrogens (tertiary/aromatic N) is 3. The predicted molar refractivity (Wildman–Crippen MR) is 149 cm³/mol. The molecule has 210 valence electrons. The number of hydrogen-bond donors (Lipinski definition) is 2. The number of H-pyrrole nitrogens is 1. The summed E-state index contributed by atoms with van der Waals surface area (Å²) >= 11 is 0. The zero-order chi connectivity index (χ0) is 28.3. The van der Waals surface area contributed by atoms with Crippen LogP contribution in [0.25, 0.3) is 10.9 Å². The van der Waals surface area contributed by atoms with Crippen molar-refractivity contribution in [1.82, 2.24) is 19.1 Å². The maximum absolute atomic E-state index is 13.4. The molecule has 1 fully saturated rings. The van der Waals surface area contributed by atoms with Gasteiger partial charge in [0.2, 0.25) is 10.0 Å². The van der Waals surface area contributed by atoms with Crippen molar-refractivity contribution in [3.63, 3.8) is 0 Å². The number of aromatic nitrogens is 3. The van der Waals surface area contributed by atoms with Gasteiger partial charge in [-0.2, -0.15) is 9.40 Å².